The lowest BCUT2D eigenvalue weighted by Gasteiger charge is -2.08. The van der Waals surface area contributed by atoms with Gasteiger partial charge in [-0.2, -0.15) is 0 Å². The van der Waals surface area contributed by atoms with Crippen LogP contribution < -0.4 is 11.1 Å². The first-order valence-corrected chi connectivity index (χ1v) is 6.15. The summed E-state index contributed by atoms with van der Waals surface area (Å²) in [5.41, 5.74) is 5.60. The Balaban J connectivity index is 2.25. The topological polar surface area (TPSA) is 55.1 Å². The molecule has 0 spiro atoms. The summed E-state index contributed by atoms with van der Waals surface area (Å²) in [7, 11) is 0. The average molecular weight is 317 g/mol. The molecule has 0 saturated heterocycles. The van der Waals surface area contributed by atoms with Crippen LogP contribution in [0.15, 0.2) is 30.3 Å². The zero-order chi connectivity index (χ0) is 14.9. The highest BCUT2D eigenvalue weighted by Gasteiger charge is 2.12. The zero-order valence-corrected chi connectivity index (χ0v) is 11.4. The van der Waals surface area contributed by atoms with Crippen molar-refractivity contribution >= 4 is 40.5 Å². The third-order valence-electron chi connectivity index (χ3n) is 2.50. The number of nitrogen functional groups attached to an aromatic ring is 1. The fourth-order valence-corrected chi connectivity index (χ4v) is 2.00. The van der Waals surface area contributed by atoms with Crippen LogP contribution in [0.2, 0.25) is 10.0 Å². The van der Waals surface area contributed by atoms with Gasteiger partial charge in [-0.15, -0.1) is 0 Å². The van der Waals surface area contributed by atoms with Crippen LogP contribution in [-0.4, -0.2) is 5.91 Å². The molecule has 0 atom stereocenters. The van der Waals surface area contributed by atoms with Gasteiger partial charge in [-0.25, -0.2) is 8.78 Å². The molecule has 0 aromatic heterocycles. The van der Waals surface area contributed by atoms with Crippen LogP contribution >= 0.6 is 23.2 Å². The summed E-state index contributed by atoms with van der Waals surface area (Å²) in [4.78, 5) is 11.9. The number of nitrogens with two attached hydrogens (primary N) is 1. The van der Waals surface area contributed by atoms with Crippen LogP contribution in [0.5, 0.6) is 0 Å². The highest BCUT2D eigenvalue weighted by atomic mass is 35.5. The van der Waals surface area contributed by atoms with E-state index in [4.69, 9.17) is 28.9 Å². The highest BCUT2D eigenvalue weighted by molar-refractivity contribution is 6.35. The van der Waals surface area contributed by atoms with Crippen LogP contribution in [0.25, 0.3) is 0 Å². The number of amides is 1. The summed E-state index contributed by atoms with van der Waals surface area (Å²) in [6.07, 6.45) is 0. The van der Waals surface area contributed by atoms with Crippen molar-refractivity contribution in [1.82, 2.24) is 0 Å². The molecule has 3 N–H and O–H groups in total. The number of anilines is 2. The standard InChI is InChI=1S/C13H8Cl2F2N2O/c14-8-4-7(5-9(15)12(8)17)19-13(20)6-1-2-10(16)11(18)3-6/h1-5H,18H2,(H,19,20). The molecule has 0 aliphatic heterocycles. The van der Waals surface area contributed by atoms with Crippen LogP contribution in [0.4, 0.5) is 20.2 Å². The maximum Gasteiger partial charge on any atom is 0.255 e. The Morgan fingerprint density at radius 3 is 2.25 bits per heavy atom. The van der Waals surface area contributed by atoms with E-state index in [-0.39, 0.29) is 27.0 Å². The predicted octanol–water partition coefficient (Wildman–Crippen LogP) is 4.11. The third kappa shape index (κ3) is 3.00. The smallest absolute Gasteiger partial charge is 0.255 e. The maximum absolute atomic E-state index is 13.2. The van der Waals surface area contributed by atoms with E-state index in [9.17, 15) is 13.6 Å². The average Bonchev–Trinajstić information content (AvgIpc) is 2.39. The highest BCUT2D eigenvalue weighted by Crippen LogP contribution is 2.27. The summed E-state index contributed by atoms with van der Waals surface area (Å²) >= 11 is 11.2. The molecule has 0 radical (unpaired) electrons. The number of carbonyl (C=O) groups is 1. The van der Waals surface area contributed by atoms with Crippen molar-refractivity contribution in [2.75, 3.05) is 11.1 Å². The van der Waals surface area contributed by atoms with E-state index >= 15 is 0 Å². The second-order valence-corrected chi connectivity index (χ2v) is 4.76. The first-order valence-electron chi connectivity index (χ1n) is 5.39. The van der Waals surface area contributed by atoms with Gasteiger partial charge in [0.05, 0.1) is 15.7 Å². The minimum Gasteiger partial charge on any atom is -0.396 e. The normalized spacial score (nSPS) is 10.4. The summed E-state index contributed by atoms with van der Waals surface area (Å²) in [6.45, 7) is 0. The van der Waals surface area contributed by atoms with Gasteiger partial charge in [0.2, 0.25) is 0 Å². The van der Waals surface area contributed by atoms with E-state index in [0.717, 1.165) is 6.07 Å². The van der Waals surface area contributed by atoms with E-state index in [1.165, 1.54) is 24.3 Å². The van der Waals surface area contributed by atoms with E-state index < -0.39 is 17.5 Å². The predicted molar refractivity (Wildman–Crippen MR) is 75.2 cm³/mol. The Labute approximate surface area is 123 Å². The van der Waals surface area contributed by atoms with Crippen LogP contribution in [0.1, 0.15) is 10.4 Å². The minimum absolute atomic E-state index is 0.146. The monoisotopic (exact) mass is 316 g/mol. The summed E-state index contributed by atoms with van der Waals surface area (Å²) in [6, 6.07) is 5.97. The molecule has 104 valence electrons. The largest absolute Gasteiger partial charge is 0.396 e. The number of carbonyl (C=O) groups excluding carboxylic acids is 1. The van der Waals surface area contributed by atoms with Crippen LogP contribution in [0.3, 0.4) is 0 Å². The Kier molecular flexibility index (Phi) is 4.11. The molecule has 3 nitrogen and oxygen atoms in total. The molecule has 7 heteroatoms. The Morgan fingerprint density at radius 2 is 1.70 bits per heavy atom. The lowest BCUT2D eigenvalue weighted by molar-refractivity contribution is 0.102. The van der Waals surface area contributed by atoms with Gasteiger partial charge in [0, 0.05) is 11.3 Å². The van der Waals surface area contributed by atoms with E-state index in [1.54, 1.807) is 0 Å². The number of hydrogen-bond donors (Lipinski definition) is 2. The molecule has 20 heavy (non-hydrogen) atoms. The van der Waals surface area contributed by atoms with Gasteiger partial charge in [-0.3, -0.25) is 4.79 Å². The summed E-state index contributed by atoms with van der Waals surface area (Å²) in [5, 5.41) is 2.03. The number of nitrogens with one attached hydrogen (secondary N) is 1. The second kappa shape index (κ2) is 5.64. The quantitative estimate of drug-likeness (QED) is 0.647. The summed E-state index contributed by atoms with van der Waals surface area (Å²) < 4.78 is 26.2. The number of benzene rings is 2. The van der Waals surface area contributed by atoms with E-state index in [0.29, 0.717) is 0 Å². The lowest BCUT2D eigenvalue weighted by Crippen LogP contribution is -2.12. The Morgan fingerprint density at radius 1 is 1.10 bits per heavy atom. The van der Waals surface area contributed by atoms with Crippen molar-refractivity contribution in [3.8, 4) is 0 Å². The molecule has 0 unspecified atom stereocenters. The second-order valence-electron chi connectivity index (χ2n) is 3.94. The zero-order valence-electron chi connectivity index (χ0n) is 9.88. The van der Waals surface area contributed by atoms with Crippen LogP contribution in [-0.2, 0) is 0 Å². The lowest BCUT2D eigenvalue weighted by atomic mass is 10.1. The Bertz CT molecular complexity index is 669. The number of halogens is 4. The molecule has 2 aromatic carbocycles. The van der Waals surface area contributed by atoms with Crippen molar-refractivity contribution in [3.63, 3.8) is 0 Å². The first kappa shape index (κ1) is 14.6. The van der Waals surface area contributed by atoms with Crippen molar-refractivity contribution in [2.24, 2.45) is 0 Å². The molecule has 0 aliphatic carbocycles. The van der Waals surface area contributed by atoms with Crippen molar-refractivity contribution in [3.05, 3.63) is 57.6 Å². The molecule has 0 heterocycles. The number of rotatable bonds is 2. The maximum atomic E-state index is 13.2. The molecular weight excluding hydrogens is 309 g/mol. The molecule has 2 rings (SSSR count). The van der Waals surface area contributed by atoms with Crippen molar-refractivity contribution in [1.29, 1.82) is 0 Å². The van der Waals surface area contributed by atoms with Gasteiger partial charge in [0.15, 0.2) is 5.82 Å². The molecule has 0 fully saturated rings. The molecule has 1 amide bonds. The summed E-state index contributed by atoms with van der Waals surface area (Å²) in [5.74, 6) is -1.93. The molecule has 0 saturated carbocycles. The minimum atomic E-state index is -0.766. The first-order chi connectivity index (χ1) is 9.38. The van der Waals surface area contributed by atoms with E-state index in [2.05, 4.69) is 5.32 Å². The molecule has 2 aromatic rings. The van der Waals surface area contributed by atoms with Gasteiger partial charge in [0.1, 0.15) is 5.82 Å². The molecule has 0 bridgehead atoms. The van der Waals surface area contributed by atoms with Gasteiger partial charge >= 0.3 is 0 Å². The van der Waals surface area contributed by atoms with Crippen molar-refractivity contribution < 1.29 is 13.6 Å². The van der Waals surface area contributed by atoms with Gasteiger partial charge in [-0.1, -0.05) is 23.2 Å². The van der Waals surface area contributed by atoms with Gasteiger partial charge in [-0.05, 0) is 30.3 Å². The third-order valence-corrected chi connectivity index (χ3v) is 3.05. The fraction of sp³-hybridized carbons (Fsp3) is 0. The van der Waals surface area contributed by atoms with E-state index in [1.807, 2.05) is 0 Å². The van der Waals surface area contributed by atoms with Gasteiger partial charge < -0.3 is 11.1 Å². The number of hydrogen-bond acceptors (Lipinski definition) is 2. The van der Waals surface area contributed by atoms with Crippen molar-refractivity contribution in [2.45, 2.75) is 0 Å². The SMILES string of the molecule is Nc1cc(C(=O)Nc2cc(Cl)c(F)c(Cl)c2)ccc1F. The Hall–Kier alpha value is -1.85. The molecular formula is C13H8Cl2F2N2O. The fourth-order valence-electron chi connectivity index (χ4n) is 1.52. The van der Waals surface area contributed by atoms with Crippen LogP contribution in [0, 0.1) is 11.6 Å². The van der Waals surface area contributed by atoms with Gasteiger partial charge in [0.25, 0.3) is 5.91 Å². The molecule has 0 aliphatic rings.